The van der Waals surface area contributed by atoms with E-state index in [2.05, 4.69) is 112 Å². The topological polar surface area (TPSA) is 125 Å². The van der Waals surface area contributed by atoms with Gasteiger partial charge in [0.15, 0.2) is 0 Å². The van der Waals surface area contributed by atoms with Crippen molar-refractivity contribution in [2.45, 2.75) is 264 Å². The highest BCUT2D eigenvalue weighted by atomic mass is 32.2. The number of benzene rings is 5. The average molecular weight is 1420 g/mol. The molecule has 0 amide bonds. The Morgan fingerprint density at radius 1 is 0.304 bits per heavy atom. The van der Waals surface area contributed by atoms with Crippen LogP contribution in [0.4, 0.5) is 0 Å². The number of aryl methyl sites for hydroxylation is 6. The molecule has 3 aliphatic rings. The normalized spacial score (nSPS) is 9.71. The number of para-hydroxylation sites is 4. The first-order valence-electron chi connectivity index (χ1n) is 39.1. The zero-order valence-electron chi connectivity index (χ0n) is 70.3. The van der Waals surface area contributed by atoms with Crippen LogP contribution in [0.2, 0.25) is 0 Å². The number of pyridine rings is 4. The molecule has 11 aromatic rings. The Morgan fingerprint density at radius 2 is 0.735 bits per heavy atom. The van der Waals surface area contributed by atoms with Gasteiger partial charge in [0.1, 0.15) is 12.1 Å². The van der Waals surface area contributed by atoms with Crippen LogP contribution in [-0.4, -0.2) is 57.4 Å². The van der Waals surface area contributed by atoms with E-state index in [1.54, 1.807) is 36.5 Å². The predicted octanol–water partition coefficient (Wildman–Crippen LogP) is 28.7. The van der Waals surface area contributed by atoms with Gasteiger partial charge >= 0.3 is 0 Å². The third-order valence-electron chi connectivity index (χ3n) is 11.6. The number of ether oxygens (including phenoxy) is 1. The molecule has 5 aromatic carbocycles. The zero-order valence-corrected chi connectivity index (χ0v) is 71.1. The maximum Gasteiger partial charge on any atom is 0.138 e. The Kier molecular flexibility index (Phi) is 99.7. The van der Waals surface area contributed by atoms with Crippen molar-refractivity contribution in [1.29, 1.82) is 0 Å². The third-order valence-corrected chi connectivity index (χ3v) is 12.8. The van der Waals surface area contributed by atoms with Crippen LogP contribution in [0.15, 0.2) is 231 Å². The molecule has 14 rings (SSSR count). The van der Waals surface area contributed by atoms with Crippen LogP contribution in [0, 0.1) is 13.8 Å². The first-order valence-corrected chi connectivity index (χ1v) is 40.1. The fourth-order valence-electron chi connectivity index (χ4n) is 7.80. The molecule has 0 saturated carbocycles. The number of aromatic nitrogens is 9. The molecule has 0 atom stereocenters. The van der Waals surface area contributed by atoms with E-state index in [9.17, 15) is 0 Å². The van der Waals surface area contributed by atoms with Gasteiger partial charge < -0.3 is 4.74 Å². The number of rotatable bonds is 0. The Hall–Kier alpha value is -8.28. The van der Waals surface area contributed by atoms with Crippen LogP contribution in [0.5, 0.6) is 5.75 Å². The van der Waals surface area contributed by atoms with Crippen LogP contribution in [0.1, 0.15) is 253 Å². The van der Waals surface area contributed by atoms with Gasteiger partial charge in [-0.05, 0) is 165 Å². The number of hydrogen-bond donors (Lipinski definition) is 0. The lowest BCUT2D eigenvalue weighted by atomic mass is 9.96. The first-order chi connectivity index (χ1) is 50.6. The van der Waals surface area contributed by atoms with Crippen molar-refractivity contribution in [3.8, 4) is 5.75 Å². The minimum atomic E-state index is 0.886. The second kappa shape index (κ2) is 92.7. The molecular formula is C91H147N9OS. The fraction of sp³-hybridized carbons (Fsp3) is 0.440. The lowest BCUT2D eigenvalue weighted by Gasteiger charge is -2.15. The quantitative estimate of drug-likeness (QED) is 0.144. The largest absolute Gasteiger partial charge is 0.493 e. The molecule has 102 heavy (non-hydrogen) atoms. The molecule has 0 fully saturated rings. The summed E-state index contributed by atoms with van der Waals surface area (Å²) in [6.07, 6.45) is 27.5. The maximum absolute atomic E-state index is 5.42. The summed E-state index contributed by atoms with van der Waals surface area (Å²) in [7, 11) is 0. The number of thioether (sulfide) groups is 1. The van der Waals surface area contributed by atoms with Gasteiger partial charge in [-0.2, -0.15) is 5.10 Å². The molecule has 0 bridgehead atoms. The second-order valence-corrected chi connectivity index (χ2v) is 18.3. The molecule has 0 spiro atoms. The lowest BCUT2D eigenvalue weighted by Crippen LogP contribution is -2.07. The maximum atomic E-state index is 5.42. The average Bonchev–Trinajstić information content (AvgIpc) is 0.945. The molecule has 0 saturated heterocycles. The van der Waals surface area contributed by atoms with E-state index >= 15 is 0 Å². The number of hydrogen-bond acceptors (Lipinski definition) is 11. The van der Waals surface area contributed by atoms with Crippen molar-refractivity contribution >= 4 is 44.5 Å². The smallest absolute Gasteiger partial charge is 0.138 e. The third kappa shape index (κ3) is 56.4. The van der Waals surface area contributed by atoms with E-state index < -0.39 is 0 Å². The lowest BCUT2D eigenvalue weighted by molar-refractivity contribution is 0.288. The van der Waals surface area contributed by atoms with Gasteiger partial charge in [-0.25, -0.2) is 4.98 Å². The van der Waals surface area contributed by atoms with Gasteiger partial charge in [-0.1, -0.05) is 297 Å². The molecule has 0 unspecified atom stereocenters. The molecule has 11 heteroatoms. The van der Waals surface area contributed by atoms with Crippen molar-refractivity contribution < 1.29 is 4.74 Å². The Labute approximate surface area is 632 Å². The van der Waals surface area contributed by atoms with Gasteiger partial charge in [0.25, 0.3) is 0 Å². The Balaban J connectivity index is -0.000000157. The second-order valence-electron chi connectivity index (χ2n) is 17.2. The van der Waals surface area contributed by atoms with Crippen molar-refractivity contribution in [2.75, 3.05) is 12.4 Å². The van der Waals surface area contributed by atoms with Gasteiger partial charge in [-0.3, -0.25) is 29.9 Å². The molecule has 6 aromatic heterocycles. The zero-order chi connectivity index (χ0) is 79.1. The molecule has 10 nitrogen and oxygen atoms in total. The minimum Gasteiger partial charge on any atom is -0.493 e. The van der Waals surface area contributed by atoms with Crippen LogP contribution in [0.25, 0.3) is 32.7 Å². The first kappa shape index (κ1) is 110. The highest BCUT2D eigenvalue weighted by molar-refractivity contribution is 7.99. The van der Waals surface area contributed by atoms with Crippen molar-refractivity contribution in [2.24, 2.45) is 0 Å². The van der Waals surface area contributed by atoms with Crippen LogP contribution in [0.3, 0.4) is 0 Å². The van der Waals surface area contributed by atoms with Gasteiger partial charge in [-0.15, -0.1) is 16.9 Å². The molecular weight excluding hydrogens is 1270 g/mol. The van der Waals surface area contributed by atoms with Crippen molar-refractivity contribution in [1.82, 2.24) is 45.1 Å². The minimum absolute atomic E-state index is 0.886. The predicted molar refractivity (Wildman–Crippen MR) is 462 cm³/mol. The molecule has 8 heterocycles. The van der Waals surface area contributed by atoms with Crippen molar-refractivity contribution in [3.05, 3.63) is 260 Å². The van der Waals surface area contributed by atoms with E-state index in [1.165, 1.54) is 100 Å². The summed E-state index contributed by atoms with van der Waals surface area (Å²) in [5.41, 5.74) is 10.8. The van der Waals surface area contributed by atoms with Crippen LogP contribution >= 0.6 is 11.8 Å². The molecule has 1 aliphatic carbocycles. The van der Waals surface area contributed by atoms with Gasteiger partial charge in [0, 0.05) is 65.6 Å². The van der Waals surface area contributed by atoms with Crippen LogP contribution < -0.4 is 4.74 Å². The summed E-state index contributed by atoms with van der Waals surface area (Å²) >= 11 is 1.99. The van der Waals surface area contributed by atoms with Crippen LogP contribution in [-0.2, 0) is 25.7 Å². The summed E-state index contributed by atoms with van der Waals surface area (Å²) in [6.45, 7) is 60.8. The monoisotopic (exact) mass is 1410 g/mol. The van der Waals surface area contributed by atoms with Crippen molar-refractivity contribution in [3.63, 3.8) is 0 Å². The van der Waals surface area contributed by atoms with Gasteiger partial charge in [0.05, 0.1) is 35.0 Å². The number of fused-ring (bicyclic) bond motifs is 6. The summed E-state index contributed by atoms with van der Waals surface area (Å²) in [5, 5.41) is 10.7. The fourth-order valence-corrected chi connectivity index (χ4v) is 8.84. The molecule has 0 radical (unpaired) electrons. The van der Waals surface area contributed by atoms with Gasteiger partial charge in [0.2, 0.25) is 0 Å². The Bertz CT molecular complexity index is 2710. The van der Waals surface area contributed by atoms with E-state index in [-0.39, 0.29) is 0 Å². The summed E-state index contributed by atoms with van der Waals surface area (Å²) in [4.78, 5) is 29.9. The number of nitrogens with zero attached hydrogens (tertiary/aromatic N) is 9. The summed E-state index contributed by atoms with van der Waals surface area (Å²) in [5.74, 6) is 2.38. The highest BCUT2D eigenvalue weighted by Crippen LogP contribution is 2.29. The van der Waals surface area contributed by atoms with E-state index in [1.807, 2.05) is 341 Å². The van der Waals surface area contributed by atoms with E-state index in [0.717, 1.165) is 41.0 Å². The molecule has 568 valence electrons. The SMILES string of the molecule is CC.CC.CC.CC.CC.CC.CC.CC.CC.CC.CC.CC.CC.CC.Cc1ccncc1.Cc1cnncn1.c1ccc2c(c1)CCCO2.c1ccc2c(c1)CCCS2.c1ccc2cnccc2c1.c1ccc2ncccc2c1.c1ccc2nccnc2c1.c1cnc2c(c1)CCCC2. The highest BCUT2D eigenvalue weighted by Gasteiger charge is 2.09. The standard InChI is InChI=1S/C9H11N.2C9H7N.C9H10O.C9H10S.C8H6N2.C6H7N.C4H5N3.14C2H6/c2*1-2-6-9-8(4-1)5-3-7-10-9;1-2-4-9-7-10-6-5-8(9)3-1;2*1-2-6-9-8(4-1)5-3-7-10-9;1-2-4-8-7(3-1)9-5-6-10-8;1-6-2-4-7-5-3-6;1-4-2-6-7-3-5-4;14*1-2/h3,5,7H,1-2,4,6H2;2*1-7H;2*1-2,4,6H,3,5,7H2;1-6H;2-5H,1H3;2-3H,1H3;14*1-2H3. The molecule has 2 aliphatic heterocycles. The molecule has 0 N–H and O–H groups in total. The van der Waals surface area contributed by atoms with E-state index in [4.69, 9.17) is 4.74 Å². The van der Waals surface area contributed by atoms with E-state index in [0.29, 0.717) is 0 Å². The Morgan fingerprint density at radius 3 is 1.23 bits per heavy atom. The summed E-state index contributed by atoms with van der Waals surface area (Å²) in [6, 6.07) is 55.2. The summed E-state index contributed by atoms with van der Waals surface area (Å²) < 4.78 is 5.42.